The number of hydrogen-bond donors (Lipinski definition) is 3. The van der Waals surface area contributed by atoms with Crippen LogP contribution in [0.25, 0.3) is 21.6 Å². The van der Waals surface area contributed by atoms with E-state index < -0.39 is 67.0 Å². The molecule has 3 fully saturated rings. The molecule has 292 valence electrons. The van der Waals surface area contributed by atoms with Gasteiger partial charge in [-0.2, -0.15) is 0 Å². The van der Waals surface area contributed by atoms with Gasteiger partial charge in [-0.25, -0.2) is 18.4 Å². The van der Waals surface area contributed by atoms with Crippen LogP contribution in [0.15, 0.2) is 36.2 Å². The summed E-state index contributed by atoms with van der Waals surface area (Å²) in [5.74, 6) is -1.01. The lowest BCUT2D eigenvalue weighted by Crippen LogP contribution is -2.59. The van der Waals surface area contributed by atoms with Crippen molar-refractivity contribution >= 4 is 50.0 Å². The van der Waals surface area contributed by atoms with Gasteiger partial charge in [0.2, 0.25) is 21.8 Å². The van der Waals surface area contributed by atoms with Crippen LogP contribution in [0, 0.1) is 18.3 Å². The Labute approximate surface area is 321 Å². The van der Waals surface area contributed by atoms with Crippen LogP contribution < -0.4 is 25.2 Å². The molecule has 0 bridgehead atoms. The van der Waals surface area contributed by atoms with Crippen molar-refractivity contribution in [2.24, 2.45) is 17.1 Å². The molecule has 4 N–H and O–H groups in total. The summed E-state index contributed by atoms with van der Waals surface area (Å²) in [6, 6.07) is 3.50. The Bertz CT molecular complexity index is 2140. The van der Waals surface area contributed by atoms with Crippen molar-refractivity contribution in [1.29, 1.82) is 0 Å². The van der Waals surface area contributed by atoms with Gasteiger partial charge in [0.1, 0.15) is 39.4 Å². The van der Waals surface area contributed by atoms with Crippen LogP contribution in [-0.4, -0.2) is 82.6 Å². The average molecular weight is 781 g/mol. The highest BCUT2D eigenvalue weighted by atomic mass is 32.2. The Morgan fingerprint density at radius 3 is 2.37 bits per heavy atom. The van der Waals surface area contributed by atoms with E-state index in [0.29, 0.717) is 40.9 Å². The zero-order valence-corrected chi connectivity index (χ0v) is 34.2. The summed E-state index contributed by atoms with van der Waals surface area (Å²) in [4.78, 5) is 53.5. The fraction of sp³-hybridized carbons (Fsp3) is 0.564. The number of amides is 3. The summed E-state index contributed by atoms with van der Waals surface area (Å²) >= 11 is 1.49. The Hall–Kier alpha value is -4.08. The summed E-state index contributed by atoms with van der Waals surface area (Å²) in [5.41, 5.74) is 6.27. The third kappa shape index (κ3) is 7.10. The Balaban J connectivity index is 1.36. The van der Waals surface area contributed by atoms with E-state index in [-0.39, 0.29) is 25.3 Å². The number of likely N-dealkylation sites (tertiary alicyclic amines) is 1. The standard InChI is InChI=1S/C39H52N6O7S2/c1-11-23-17-39(23,35(48)44-54(49,50)38(9)14-15-38)43-32(46)27-18-37(8,20-45(27)34(47)31(40)36(5,6)7)52-29-16-25(33-42-26(19-53-33)21(2)3)41-30-22(4)28(51-10)13-12-24(29)30/h11-13,16,19,21,23,27,31H,1,14-15,17-18,20,40H2,2-10H3,(H,43,46)(H,44,48)/t23-,27+,31-,37?,39-/m1/s1. The fourth-order valence-corrected chi connectivity index (χ4v) is 9.24. The van der Waals surface area contributed by atoms with E-state index in [0.717, 1.165) is 16.3 Å². The number of nitrogens with zero attached hydrogens (tertiary/aromatic N) is 3. The van der Waals surface area contributed by atoms with Gasteiger partial charge in [0.05, 0.1) is 35.7 Å². The lowest BCUT2D eigenvalue weighted by Gasteiger charge is -2.33. The monoisotopic (exact) mass is 780 g/mol. The van der Waals surface area contributed by atoms with Gasteiger partial charge in [-0.1, -0.05) is 40.7 Å². The summed E-state index contributed by atoms with van der Waals surface area (Å²) in [6.45, 7) is 18.9. The van der Waals surface area contributed by atoms with Crippen LogP contribution in [0.4, 0.5) is 0 Å². The molecule has 3 aromatic rings. The van der Waals surface area contributed by atoms with Crippen molar-refractivity contribution in [3.05, 3.63) is 47.5 Å². The van der Waals surface area contributed by atoms with Gasteiger partial charge in [-0.05, 0) is 63.5 Å². The second-order valence-electron chi connectivity index (χ2n) is 17.0. The summed E-state index contributed by atoms with van der Waals surface area (Å²) in [6.07, 6.45) is 2.63. The predicted octanol–water partition coefficient (Wildman–Crippen LogP) is 4.97. The first-order chi connectivity index (χ1) is 25.1. The number of carbonyl (C=O) groups is 3. The zero-order chi connectivity index (χ0) is 39.8. The quantitative estimate of drug-likeness (QED) is 0.212. The number of aromatic nitrogens is 2. The predicted molar refractivity (Wildman–Crippen MR) is 209 cm³/mol. The molecule has 1 saturated heterocycles. The molecule has 1 unspecified atom stereocenters. The van der Waals surface area contributed by atoms with Crippen LogP contribution in [0.5, 0.6) is 11.5 Å². The number of nitrogens with one attached hydrogen (secondary N) is 2. The molecule has 13 nitrogen and oxygen atoms in total. The molecule has 1 aromatic carbocycles. The van der Waals surface area contributed by atoms with Crippen molar-refractivity contribution in [1.82, 2.24) is 24.9 Å². The Morgan fingerprint density at radius 2 is 1.81 bits per heavy atom. The van der Waals surface area contributed by atoms with E-state index in [1.807, 2.05) is 58.2 Å². The number of ether oxygens (including phenoxy) is 2. The molecule has 3 amide bonds. The van der Waals surface area contributed by atoms with Crippen molar-refractivity contribution in [2.45, 2.75) is 115 Å². The topological polar surface area (TPSA) is 183 Å². The zero-order valence-electron chi connectivity index (χ0n) is 32.5. The van der Waals surface area contributed by atoms with Gasteiger partial charge in [0.15, 0.2) is 0 Å². The first-order valence-corrected chi connectivity index (χ1v) is 20.7. The third-order valence-corrected chi connectivity index (χ3v) is 14.3. The molecular formula is C39H52N6O7S2. The number of pyridine rings is 1. The third-order valence-electron chi connectivity index (χ3n) is 11.2. The van der Waals surface area contributed by atoms with Gasteiger partial charge in [-0.3, -0.25) is 19.1 Å². The van der Waals surface area contributed by atoms with Gasteiger partial charge < -0.3 is 25.4 Å². The lowest BCUT2D eigenvalue weighted by atomic mass is 9.86. The average Bonchev–Trinajstić information content (AvgIpc) is 3.91. The van der Waals surface area contributed by atoms with E-state index in [2.05, 4.69) is 30.5 Å². The van der Waals surface area contributed by atoms with Gasteiger partial charge in [0, 0.05) is 34.7 Å². The number of aryl methyl sites for hydroxylation is 1. The van der Waals surface area contributed by atoms with Gasteiger partial charge >= 0.3 is 0 Å². The number of hydrogen-bond acceptors (Lipinski definition) is 11. The maximum atomic E-state index is 14.4. The molecule has 54 heavy (non-hydrogen) atoms. The molecular weight excluding hydrogens is 729 g/mol. The number of benzene rings is 1. The highest BCUT2D eigenvalue weighted by Crippen LogP contribution is 2.48. The van der Waals surface area contributed by atoms with Crippen LogP contribution >= 0.6 is 11.3 Å². The van der Waals surface area contributed by atoms with Crippen LogP contribution in [-0.2, 0) is 24.4 Å². The number of sulfonamides is 1. The molecule has 5 atom stereocenters. The summed E-state index contributed by atoms with van der Waals surface area (Å²) in [5, 5.41) is 6.30. The van der Waals surface area contributed by atoms with Crippen molar-refractivity contribution < 1.29 is 32.3 Å². The molecule has 2 saturated carbocycles. The number of fused-ring (bicyclic) bond motifs is 1. The normalized spacial score (nSPS) is 25.3. The van der Waals surface area contributed by atoms with Gasteiger partial charge in [0.25, 0.3) is 5.91 Å². The summed E-state index contributed by atoms with van der Waals surface area (Å²) in [7, 11) is -2.38. The largest absolute Gasteiger partial charge is 0.496 e. The van der Waals surface area contributed by atoms with Crippen molar-refractivity contribution in [2.75, 3.05) is 13.7 Å². The smallest absolute Gasteiger partial charge is 0.259 e. The molecule has 6 rings (SSSR count). The first-order valence-electron chi connectivity index (χ1n) is 18.3. The molecule has 0 spiro atoms. The minimum absolute atomic E-state index is 0.00749. The highest BCUT2D eigenvalue weighted by molar-refractivity contribution is 7.91. The maximum absolute atomic E-state index is 14.4. The molecule has 1 aliphatic heterocycles. The number of carbonyl (C=O) groups excluding carboxylic acids is 3. The van der Waals surface area contributed by atoms with E-state index in [9.17, 15) is 22.8 Å². The lowest BCUT2D eigenvalue weighted by molar-refractivity contribution is -0.142. The minimum atomic E-state index is -3.98. The van der Waals surface area contributed by atoms with Gasteiger partial charge in [-0.15, -0.1) is 17.9 Å². The molecule has 3 heterocycles. The second kappa shape index (κ2) is 13.6. The Kier molecular flexibility index (Phi) is 9.97. The van der Waals surface area contributed by atoms with Crippen LogP contribution in [0.1, 0.15) is 91.3 Å². The van der Waals surface area contributed by atoms with Crippen LogP contribution in [0.3, 0.4) is 0 Å². The van der Waals surface area contributed by atoms with Crippen molar-refractivity contribution in [3.8, 4) is 22.2 Å². The molecule has 15 heteroatoms. The SMILES string of the molecule is C=C[C@@H]1C[C@]1(NC(=O)[C@@H]1CC(C)(Oc2cc(-c3nc(C(C)C)cs3)nc3c(C)c(OC)ccc23)CN1C(=O)[C@@H](N)C(C)(C)C)C(=O)NS(=O)(=O)C1(C)CC1. The first kappa shape index (κ1) is 39.6. The Morgan fingerprint density at radius 1 is 1.13 bits per heavy atom. The maximum Gasteiger partial charge on any atom is 0.259 e. The van der Waals surface area contributed by atoms with E-state index in [1.54, 1.807) is 14.0 Å². The fourth-order valence-electron chi connectivity index (χ4n) is 6.99. The molecule has 2 aliphatic carbocycles. The highest BCUT2D eigenvalue weighted by Gasteiger charge is 2.63. The van der Waals surface area contributed by atoms with E-state index >= 15 is 0 Å². The number of nitrogens with two attached hydrogens (primary N) is 1. The minimum Gasteiger partial charge on any atom is -0.496 e. The summed E-state index contributed by atoms with van der Waals surface area (Å²) < 4.78 is 39.8. The van der Waals surface area contributed by atoms with Crippen molar-refractivity contribution in [3.63, 3.8) is 0 Å². The molecule has 0 radical (unpaired) electrons. The van der Waals surface area contributed by atoms with Crippen LogP contribution in [0.2, 0.25) is 0 Å². The number of methoxy groups -OCH3 is 1. The van der Waals surface area contributed by atoms with E-state index in [1.165, 1.54) is 22.3 Å². The molecule has 3 aliphatic rings. The van der Waals surface area contributed by atoms with E-state index in [4.69, 9.17) is 25.2 Å². The number of rotatable bonds is 12. The second-order valence-corrected chi connectivity index (χ2v) is 20.1. The number of thiazole rings is 1. The molecule has 2 aromatic heterocycles.